The molecule has 2 N–H and O–H groups in total. The fraction of sp³-hybridized carbons (Fsp3) is 0.917. The maximum Gasteiger partial charge on any atom is 0.223 e. The number of β-amino-alcohol motifs (C(OH)–C–C–N with tert-alkyl or cyclic N) is 1. The number of amides is 1. The van der Waals surface area contributed by atoms with Gasteiger partial charge in [0, 0.05) is 52.2 Å². The monoisotopic (exact) mass is 241 g/mol. The number of piperidine rings is 1. The van der Waals surface area contributed by atoms with Gasteiger partial charge in [-0.3, -0.25) is 4.79 Å². The maximum atomic E-state index is 12.0. The first-order chi connectivity index (χ1) is 8.25. The van der Waals surface area contributed by atoms with Gasteiger partial charge in [-0.2, -0.15) is 0 Å². The normalized spacial score (nSPS) is 27.1. The van der Waals surface area contributed by atoms with Crippen molar-refractivity contribution >= 4 is 5.91 Å². The molecule has 0 aliphatic carbocycles. The Balaban J connectivity index is 1.69. The summed E-state index contributed by atoms with van der Waals surface area (Å²) >= 11 is 0. The highest BCUT2D eigenvalue weighted by Crippen LogP contribution is 2.11. The summed E-state index contributed by atoms with van der Waals surface area (Å²) in [4.78, 5) is 16.1. The van der Waals surface area contributed by atoms with E-state index in [2.05, 4.69) is 10.2 Å². The summed E-state index contributed by atoms with van der Waals surface area (Å²) in [6.45, 7) is 6.32. The largest absolute Gasteiger partial charge is 0.391 e. The first-order valence-corrected chi connectivity index (χ1v) is 6.64. The van der Waals surface area contributed by atoms with Gasteiger partial charge < -0.3 is 20.2 Å². The van der Waals surface area contributed by atoms with Gasteiger partial charge in [0.15, 0.2) is 0 Å². The van der Waals surface area contributed by atoms with E-state index in [0.29, 0.717) is 13.0 Å². The topological polar surface area (TPSA) is 55.8 Å². The number of likely N-dealkylation sites (tertiary alicyclic amines) is 1. The fourth-order valence-corrected chi connectivity index (χ4v) is 2.53. The second kappa shape index (κ2) is 6.33. The van der Waals surface area contributed by atoms with Crippen molar-refractivity contribution in [2.75, 3.05) is 45.8 Å². The van der Waals surface area contributed by atoms with E-state index < -0.39 is 0 Å². The van der Waals surface area contributed by atoms with Gasteiger partial charge in [0.2, 0.25) is 5.91 Å². The van der Waals surface area contributed by atoms with Crippen molar-refractivity contribution in [3.05, 3.63) is 0 Å². The number of carbonyl (C=O) groups is 1. The SMILES string of the molecule is O=C(CCN1CCNCC1)N1CCCC(O)C1. The lowest BCUT2D eigenvalue weighted by Gasteiger charge is -2.32. The Morgan fingerprint density at radius 1 is 1.29 bits per heavy atom. The molecule has 0 radical (unpaired) electrons. The Morgan fingerprint density at radius 2 is 2.06 bits per heavy atom. The van der Waals surface area contributed by atoms with E-state index in [0.717, 1.165) is 52.1 Å². The Labute approximate surface area is 103 Å². The molecule has 1 amide bonds. The Bertz CT molecular complexity index is 254. The van der Waals surface area contributed by atoms with E-state index >= 15 is 0 Å². The van der Waals surface area contributed by atoms with Crippen molar-refractivity contribution in [2.45, 2.75) is 25.4 Å². The van der Waals surface area contributed by atoms with Crippen molar-refractivity contribution in [3.8, 4) is 0 Å². The first kappa shape index (κ1) is 12.8. The number of nitrogens with one attached hydrogen (secondary N) is 1. The van der Waals surface area contributed by atoms with Gasteiger partial charge in [-0.05, 0) is 12.8 Å². The van der Waals surface area contributed by atoms with Gasteiger partial charge in [0.05, 0.1) is 6.10 Å². The van der Waals surface area contributed by atoms with Gasteiger partial charge in [-0.1, -0.05) is 0 Å². The summed E-state index contributed by atoms with van der Waals surface area (Å²) in [6.07, 6.45) is 2.04. The number of aliphatic hydroxyl groups is 1. The van der Waals surface area contributed by atoms with E-state index in [1.807, 2.05) is 4.90 Å². The molecule has 2 aliphatic heterocycles. The molecule has 5 nitrogen and oxygen atoms in total. The number of nitrogens with zero attached hydrogens (tertiary/aromatic N) is 2. The first-order valence-electron chi connectivity index (χ1n) is 6.64. The molecule has 2 rings (SSSR count). The van der Waals surface area contributed by atoms with Crippen molar-refractivity contribution in [2.24, 2.45) is 0 Å². The van der Waals surface area contributed by atoms with Gasteiger partial charge in [-0.15, -0.1) is 0 Å². The molecule has 1 unspecified atom stereocenters. The summed E-state index contributed by atoms with van der Waals surface area (Å²) < 4.78 is 0. The summed E-state index contributed by atoms with van der Waals surface area (Å²) in [7, 11) is 0. The van der Waals surface area contributed by atoms with Gasteiger partial charge >= 0.3 is 0 Å². The van der Waals surface area contributed by atoms with Crippen molar-refractivity contribution in [3.63, 3.8) is 0 Å². The minimum absolute atomic E-state index is 0.197. The van der Waals surface area contributed by atoms with E-state index in [1.54, 1.807) is 0 Å². The second-order valence-corrected chi connectivity index (χ2v) is 4.98. The molecule has 0 aromatic rings. The smallest absolute Gasteiger partial charge is 0.223 e. The third-order valence-corrected chi connectivity index (χ3v) is 3.60. The maximum absolute atomic E-state index is 12.0. The van der Waals surface area contributed by atoms with Crippen LogP contribution in [0, 0.1) is 0 Å². The molecular formula is C12H23N3O2. The average molecular weight is 241 g/mol. The number of piperazine rings is 1. The van der Waals surface area contributed by atoms with Crippen LogP contribution >= 0.6 is 0 Å². The zero-order valence-corrected chi connectivity index (χ0v) is 10.4. The van der Waals surface area contributed by atoms with Crippen molar-refractivity contribution in [1.82, 2.24) is 15.1 Å². The molecule has 17 heavy (non-hydrogen) atoms. The molecule has 5 heteroatoms. The molecule has 2 fully saturated rings. The number of carbonyl (C=O) groups excluding carboxylic acids is 1. The van der Waals surface area contributed by atoms with E-state index in [1.165, 1.54) is 0 Å². The van der Waals surface area contributed by atoms with Gasteiger partial charge in [-0.25, -0.2) is 0 Å². The highest BCUT2D eigenvalue weighted by Gasteiger charge is 2.22. The van der Waals surface area contributed by atoms with Crippen LogP contribution in [0.25, 0.3) is 0 Å². The van der Waals surface area contributed by atoms with Crippen LogP contribution in [-0.2, 0) is 4.79 Å². The highest BCUT2D eigenvalue weighted by atomic mass is 16.3. The molecule has 1 atom stereocenters. The van der Waals surface area contributed by atoms with E-state index in [-0.39, 0.29) is 12.0 Å². The van der Waals surface area contributed by atoms with E-state index in [9.17, 15) is 9.90 Å². The Morgan fingerprint density at radius 3 is 2.76 bits per heavy atom. The van der Waals surface area contributed by atoms with Crippen LogP contribution in [0.4, 0.5) is 0 Å². The van der Waals surface area contributed by atoms with Crippen molar-refractivity contribution < 1.29 is 9.90 Å². The van der Waals surface area contributed by atoms with Crippen molar-refractivity contribution in [1.29, 1.82) is 0 Å². The predicted octanol–water partition coefficient (Wildman–Crippen LogP) is -0.735. The number of rotatable bonds is 3. The lowest BCUT2D eigenvalue weighted by Crippen LogP contribution is -2.46. The van der Waals surface area contributed by atoms with Gasteiger partial charge in [0.1, 0.15) is 0 Å². The van der Waals surface area contributed by atoms with Gasteiger partial charge in [0.25, 0.3) is 0 Å². The molecule has 98 valence electrons. The summed E-state index contributed by atoms with van der Waals surface area (Å²) in [5, 5.41) is 12.8. The molecule has 2 saturated heterocycles. The standard InChI is InChI=1S/C12H23N3O2/c16-11-2-1-6-15(10-11)12(17)3-7-14-8-4-13-5-9-14/h11,13,16H,1-10H2. The number of hydrogen-bond acceptors (Lipinski definition) is 4. The zero-order valence-electron chi connectivity index (χ0n) is 10.4. The molecule has 0 saturated carbocycles. The van der Waals surface area contributed by atoms with Crippen LogP contribution in [0.1, 0.15) is 19.3 Å². The quantitative estimate of drug-likeness (QED) is 0.684. The molecule has 2 aliphatic rings. The summed E-state index contributed by atoms with van der Waals surface area (Å²) in [5.74, 6) is 0.197. The number of aliphatic hydroxyl groups excluding tert-OH is 1. The lowest BCUT2D eigenvalue weighted by atomic mass is 10.1. The van der Waals surface area contributed by atoms with Crippen LogP contribution in [0.3, 0.4) is 0 Å². The number of hydrogen-bond donors (Lipinski definition) is 2. The highest BCUT2D eigenvalue weighted by molar-refractivity contribution is 5.76. The molecule has 0 aromatic carbocycles. The molecule has 0 aromatic heterocycles. The summed E-state index contributed by atoms with van der Waals surface area (Å²) in [5.41, 5.74) is 0. The minimum atomic E-state index is -0.313. The summed E-state index contributed by atoms with van der Waals surface area (Å²) in [6, 6.07) is 0. The Kier molecular flexibility index (Phi) is 4.76. The third kappa shape index (κ3) is 3.94. The molecular weight excluding hydrogens is 218 g/mol. The molecule has 2 heterocycles. The van der Waals surface area contributed by atoms with Crippen LogP contribution < -0.4 is 5.32 Å². The molecule has 0 bridgehead atoms. The predicted molar refractivity (Wildman–Crippen MR) is 65.7 cm³/mol. The second-order valence-electron chi connectivity index (χ2n) is 4.98. The van der Waals surface area contributed by atoms with Crippen LogP contribution in [0.5, 0.6) is 0 Å². The molecule has 0 spiro atoms. The minimum Gasteiger partial charge on any atom is -0.391 e. The Hall–Kier alpha value is -0.650. The fourth-order valence-electron chi connectivity index (χ4n) is 2.53. The van der Waals surface area contributed by atoms with E-state index in [4.69, 9.17) is 0 Å². The van der Waals surface area contributed by atoms with Crippen LogP contribution in [-0.4, -0.2) is 72.7 Å². The van der Waals surface area contributed by atoms with Crippen LogP contribution in [0.15, 0.2) is 0 Å². The lowest BCUT2D eigenvalue weighted by molar-refractivity contribution is -0.134. The third-order valence-electron chi connectivity index (χ3n) is 3.60. The van der Waals surface area contributed by atoms with Crippen LogP contribution in [0.2, 0.25) is 0 Å². The average Bonchev–Trinajstić information content (AvgIpc) is 2.37. The zero-order chi connectivity index (χ0) is 12.1.